The molecule has 1 fully saturated rings. The lowest BCUT2D eigenvalue weighted by Gasteiger charge is -2.45. The first kappa shape index (κ1) is 13.6. The Kier molecular flexibility index (Phi) is 4.08. The van der Waals surface area contributed by atoms with Gasteiger partial charge in [0.05, 0.1) is 5.60 Å². The van der Waals surface area contributed by atoms with E-state index < -0.39 is 0 Å². The second-order valence-corrected chi connectivity index (χ2v) is 5.83. The first-order valence-electron chi connectivity index (χ1n) is 6.97. The van der Waals surface area contributed by atoms with Gasteiger partial charge in [-0.05, 0) is 42.7 Å². The van der Waals surface area contributed by atoms with Gasteiger partial charge in [-0.25, -0.2) is 0 Å². The van der Waals surface area contributed by atoms with E-state index in [1.165, 1.54) is 17.5 Å². The molecule has 100 valence electrons. The number of nitrogens with two attached hydrogens (primary N) is 1. The summed E-state index contributed by atoms with van der Waals surface area (Å²) < 4.78 is 5.64. The van der Waals surface area contributed by atoms with Crippen molar-refractivity contribution in [2.45, 2.75) is 57.1 Å². The first-order valence-corrected chi connectivity index (χ1v) is 6.97. The highest BCUT2D eigenvalue weighted by Crippen LogP contribution is 2.38. The summed E-state index contributed by atoms with van der Waals surface area (Å²) in [6.45, 7) is 4.43. The minimum Gasteiger partial charge on any atom is -0.377 e. The summed E-state index contributed by atoms with van der Waals surface area (Å²) >= 11 is 0. The molecule has 1 aliphatic carbocycles. The van der Waals surface area contributed by atoms with Crippen molar-refractivity contribution in [3.63, 3.8) is 0 Å². The van der Waals surface area contributed by atoms with Crippen LogP contribution in [0, 0.1) is 0 Å². The summed E-state index contributed by atoms with van der Waals surface area (Å²) in [5, 5.41) is 0. The van der Waals surface area contributed by atoms with E-state index >= 15 is 0 Å². The Bertz CT molecular complexity index is 373. The number of hydrogen-bond donors (Lipinski definition) is 1. The normalized spacial score (nSPS) is 19.6. The molecular formula is C16H25NO. The van der Waals surface area contributed by atoms with E-state index in [1.54, 1.807) is 7.11 Å². The molecule has 2 heteroatoms. The maximum atomic E-state index is 6.33. The number of rotatable bonds is 5. The van der Waals surface area contributed by atoms with Crippen LogP contribution in [0.1, 0.15) is 50.2 Å². The topological polar surface area (TPSA) is 35.2 Å². The van der Waals surface area contributed by atoms with Gasteiger partial charge >= 0.3 is 0 Å². The van der Waals surface area contributed by atoms with Crippen molar-refractivity contribution in [3.05, 3.63) is 35.4 Å². The molecule has 1 aromatic carbocycles. The molecule has 1 saturated carbocycles. The fraction of sp³-hybridized carbons (Fsp3) is 0.625. The van der Waals surface area contributed by atoms with Crippen LogP contribution in [0.25, 0.3) is 0 Å². The highest BCUT2D eigenvalue weighted by molar-refractivity contribution is 5.26. The SMILES string of the molecule is COC1(C(N)Cc2ccc(C(C)C)cc2)CCC1. The fourth-order valence-corrected chi connectivity index (χ4v) is 2.73. The van der Waals surface area contributed by atoms with Crippen LogP contribution in [-0.4, -0.2) is 18.8 Å². The largest absolute Gasteiger partial charge is 0.377 e. The highest BCUT2D eigenvalue weighted by atomic mass is 16.5. The molecule has 1 aromatic rings. The Morgan fingerprint density at radius 1 is 1.22 bits per heavy atom. The van der Waals surface area contributed by atoms with E-state index in [9.17, 15) is 0 Å². The maximum Gasteiger partial charge on any atom is 0.0832 e. The molecular weight excluding hydrogens is 222 g/mol. The molecule has 0 bridgehead atoms. The van der Waals surface area contributed by atoms with Crippen molar-refractivity contribution in [2.24, 2.45) is 5.73 Å². The van der Waals surface area contributed by atoms with Crippen LogP contribution in [0.4, 0.5) is 0 Å². The molecule has 0 amide bonds. The van der Waals surface area contributed by atoms with Gasteiger partial charge in [-0.1, -0.05) is 38.1 Å². The lowest BCUT2D eigenvalue weighted by Crippen LogP contribution is -2.55. The first-order chi connectivity index (χ1) is 8.57. The van der Waals surface area contributed by atoms with E-state index in [0.717, 1.165) is 19.3 Å². The number of hydrogen-bond acceptors (Lipinski definition) is 2. The molecule has 0 heterocycles. The monoisotopic (exact) mass is 247 g/mol. The van der Waals surface area contributed by atoms with Gasteiger partial charge in [-0.3, -0.25) is 0 Å². The van der Waals surface area contributed by atoms with Gasteiger partial charge in [0.15, 0.2) is 0 Å². The van der Waals surface area contributed by atoms with E-state index in [0.29, 0.717) is 5.92 Å². The third kappa shape index (κ3) is 2.60. The second-order valence-electron chi connectivity index (χ2n) is 5.83. The van der Waals surface area contributed by atoms with Crippen molar-refractivity contribution in [3.8, 4) is 0 Å². The van der Waals surface area contributed by atoms with Gasteiger partial charge in [0.25, 0.3) is 0 Å². The van der Waals surface area contributed by atoms with Crippen molar-refractivity contribution in [2.75, 3.05) is 7.11 Å². The summed E-state index contributed by atoms with van der Waals surface area (Å²) in [4.78, 5) is 0. The van der Waals surface area contributed by atoms with Crippen molar-refractivity contribution in [1.29, 1.82) is 0 Å². The van der Waals surface area contributed by atoms with Crippen LogP contribution < -0.4 is 5.73 Å². The lowest BCUT2D eigenvalue weighted by molar-refractivity contribution is -0.0897. The Labute approximate surface area is 111 Å². The van der Waals surface area contributed by atoms with Crippen molar-refractivity contribution < 1.29 is 4.74 Å². The van der Waals surface area contributed by atoms with Crippen LogP contribution in [0.3, 0.4) is 0 Å². The summed E-state index contributed by atoms with van der Waals surface area (Å²) in [6, 6.07) is 8.95. The van der Waals surface area contributed by atoms with Crippen LogP contribution in [0.5, 0.6) is 0 Å². The number of ether oxygens (including phenoxy) is 1. The predicted molar refractivity (Wildman–Crippen MR) is 75.8 cm³/mol. The lowest BCUT2D eigenvalue weighted by atomic mass is 9.73. The van der Waals surface area contributed by atoms with Crippen LogP contribution in [0.2, 0.25) is 0 Å². The molecule has 0 aliphatic heterocycles. The molecule has 0 radical (unpaired) electrons. The zero-order valence-electron chi connectivity index (χ0n) is 11.8. The maximum absolute atomic E-state index is 6.33. The highest BCUT2D eigenvalue weighted by Gasteiger charge is 2.42. The van der Waals surface area contributed by atoms with Crippen LogP contribution in [-0.2, 0) is 11.2 Å². The molecule has 1 atom stereocenters. The molecule has 1 aliphatic rings. The zero-order valence-corrected chi connectivity index (χ0v) is 11.8. The van der Waals surface area contributed by atoms with E-state index in [2.05, 4.69) is 38.1 Å². The Morgan fingerprint density at radius 2 is 1.83 bits per heavy atom. The number of methoxy groups -OCH3 is 1. The average molecular weight is 247 g/mol. The molecule has 1 unspecified atom stereocenters. The molecule has 2 rings (SSSR count). The molecule has 2 nitrogen and oxygen atoms in total. The van der Waals surface area contributed by atoms with Gasteiger partial charge < -0.3 is 10.5 Å². The Balaban J connectivity index is 2.00. The summed E-state index contributed by atoms with van der Waals surface area (Å²) in [7, 11) is 1.79. The van der Waals surface area contributed by atoms with Crippen molar-refractivity contribution in [1.82, 2.24) is 0 Å². The predicted octanol–water partition coefficient (Wildman–Crippen LogP) is 3.25. The van der Waals surface area contributed by atoms with E-state index in [-0.39, 0.29) is 11.6 Å². The average Bonchev–Trinajstić information content (AvgIpc) is 2.29. The van der Waals surface area contributed by atoms with Gasteiger partial charge in [-0.2, -0.15) is 0 Å². The van der Waals surface area contributed by atoms with Gasteiger partial charge in [0, 0.05) is 13.2 Å². The minimum atomic E-state index is -0.0588. The quantitative estimate of drug-likeness (QED) is 0.867. The molecule has 0 saturated heterocycles. The summed E-state index contributed by atoms with van der Waals surface area (Å²) in [5.41, 5.74) is 8.97. The van der Waals surface area contributed by atoms with Gasteiger partial charge in [-0.15, -0.1) is 0 Å². The van der Waals surface area contributed by atoms with E-state index in [4.69, 9.17) is 10.5 Å². The summed E-state index contributed by atoms with van der Waals surface area (Å²) in [6.07, 6.45) is 4.36. The second kappa shape index (κ2) is 5.41. The molecule has 0 spiro atoms. The summed E-state index contributed by atoms with van der Waals surface area (Å²) in [5.74, 6) is 0.588. The van der Waals surface area contributed by atoms with E-state index in [1.807, 2.05) is 0 Å². The number of benzene rings is 1. The third-order valence-corrected chi connectivity index (χ3v) is 4.38. The Morgan fingerprint density at radius 3 is 2.22 bits per heavy atom. The fourth-order valence-electron chi connectivity index (χ4n) is 2.73. The smallest absolute Gasteiger partial charge is 0.0832 e. The third-order valence-electron chi connectivity index (χ3n) is 4.38. The van der Waals surface area contributed by atoms with Gasteiger partial charge in [0.2, 0.25) is 0 Å². The molecule has 0 aromatic heterocycles. The molecule has 18 heavy (non-hydrogen) atoms. The van der Waals surface area contributed by atoms with Crippen molar-refractivity contribution >= 4 is 0 Å². The molecule has 2 N–H and O–H groups in total. The van der Waals surface area contributed by atoms with Crippen LogP contribution in [0.15, 0.2) is 24.3 Å². The van der Waals surface area contributed by atoms with Crippen LogP contribution >= 0.6 is 0 Å². The standard InChI is InChI=1S/C16H25NO/c1-12(2)14-7-5-13(6-8-14)11-15(17)16(18-3)9-4-10-16/h5-8,12,15H,4,9-11,17H2,1-3H3. The minimum absolute atomic E-state index is 0.0588. The Hall–Kier alpha value is -0.860. The zero-order chi connectivity index (χ0) is 13.2. The van der Waals surface area contributed by atoms with Gasteiger partial charge in [0.1, 0.15) is 0 Å².